The molecule has 4 N–H and O–H groups in total. The molecule has 0 spiro atoms. The quantitative estimate of drug-likeness (QED) is 0.124. The number of benzene rings is 4. The molecule has 50 heavy (non-hydrogen) atoms. The fourth-order valence-electron chi connectivity index (χ4n) is 6.00. The number of nitrogens with two attached hydrogens (primary N) is 1. The largest absolute Gasteiger partial charge is 0.369 e. The number of ketones is 3. The van der Waals surface area contributed by atoms with E-state index in [4.69, 9.17) is 5.73 Å². The zero-order chi connectivity index (χ0) is 36.2. The molecule has 3 atom stereocenters. The van der Waals surface area contributed by atoms with Gasteiger partial charge in [0.15, 0.2) is 5.78 Å². The Morgan fingerprint density at radius 1 is 0.660 bits per heavy atom. The average Bonchev–Trinajstić information content (AvgIpc) is 3.10. The second-order valence-electron chi connectivity index (χ2n) is 13.3. The van der Waals surface area contributed by atoms with E-state index in [2.05, 4.69) is 10.6 Å². The van der Waals surface area contributed by atoms with Crippen LogP contribution in [0.4, 0.5) is 0 Å². The van der Waals surface area contributed by atoms with Gasteiger partial charge in [0.1, 0.15) is 5.78 Å². The van der Waals surface area contributed by atoms with E-state index in [1.807, 2.05) is 111 Å². The first-order chi connectivity index (χ1) is 23.9. The molecule has 0 saturated heterocycles. The normalized spacial score (nSPS) is 12.9. The summed E-state index contributed by atoms with van der Waals surface area (Å²) < 4.78 is 0. The average molecular weight is 676 g/mol. The molecule has 0 bridgehead atoms. The molecule has 9 nitrogen and oxygen atoms in total. The molecule has 0 saturated carbocycles. The minimum absolute atomic E-state index is 0.00764. The Bertz CT molecular complexity index is 1830. The number of nitrogens with one attached hydrogen (secondary N) is 2. The fourth-order valence-corrected chi connectivity index (χ4v) is 6.00. The first kappa shape index (κ1) is 37.4. The van der Waals surface area contributed by atoms with Crippen LogP contribution in [0.25, 0.3) is 21.9 Å². The highest BCUT2D eigenvalue weighted by Gasteiger charge is 2.29. The number of carbonyl (C=O) groups is 6. The van der Waals surface area contributed by atoms with Gasteiger partial charge in [-0.25, -0.2) is 0 Å². The van der Waals surface area contributed by atoms with Crippen molar-refractivity contribution in [1.82, 2.24) is 10.6 Å². The van der Waals surface area contributed by atoms with Gasteiger partial charge in [0, 0.05) is 31.1 Å². The first-order valence-corrected chi connectivity index (χ1v) is 17.0. The molecule has 0 fully saturated rings. The van der Waals surface area contributed by atoms with Crippen LogP contribution in [0.5, 0.6) is 0 Å². The van der Waals surface area contributed by atoms with Crippen molar-refractivity contribution in [2.24, 2.45) is 23.5 Å². The summed E-state index contributed by atoms with van der Waals surface area (Å²) in [4.78, 5) is 76.6. The van der Waals surface area contributed by atoms with Crippen molar-refractivity contribution < 1.29 is 28.8 Å². The summed E-state index contributed by atoms with van der Waals surface area (Å²) in [5.41, 5.74) is 9.39. The highest BCUT2D eigenvalue weighted by Crippen LogP contribution is 2.22. The predicted molar refractivity (Wildman–Crippen MR) is 194 cm³/mol. The first-order valence-electron chi connectivity index (χ1n) is 17.0. The predicted octanol–water partition coefficient (Wildman–Crippen LogP) is 5.16. The van der Waals surface area contributed by atoms with Crippen molar-refractivity contribution >= 4 is 45.8 Å². The zero-order valence-electron chi connectivity index (χ0n) is 28.8. The number of carbonyl (C=O) groups excluding carboxylic acids is 6. The highest BCUT2D eigenvalue weighted by molar-refractivity contribution is 6.38. The van der Waals surface area contributed by atoms with E-state index in [0.29, 0.717) is 6.42 Å². The van der Waals surface area contributed by atoms with Gasteiger partial charge < -0.3 is 16.4 Å². The lowest BCUT2D eigenvalue weighted by Crippen LogP contribution is -2.48. The SMILES string of the molecule is CC(C)CC(CC(=O)Cc1ccc(-c2ccccc2)cc1)C(=O)NC(C)C(=O)C(=O)NCC(=O)CC(Cc1ccc2ccccc2c1)C(N)=O. The Labute approximate surface area is 293 Å². The van der Waals surface area contributed by atoms with Gasteiger partial charge >= 0.3 is 0 Å². The maximum absolute atomic E-state index is 13.2. The second-order valence-corrected chi connectivity index (χ2v) is 13.3. The Morgan fingerprint density at radius 2 is 1.26 bits per heavy atom. The molecule has 260 valence electrons. The lowest BCUT2D eigenvalue weighted by molar-refractivity contribution is -0.141. The van der Waals surface area contributed by atoms with Crippen molar-refractivity contribution in [2.75, 3.05) is 6.54 Å². The van der Waals surface area contributed by atoms with Gasteiger partial charge in [0.25, 0.3) is 5.91 Å². The Hall–Kier alpha value is -5.44. The maximum atomic E-state index is 13.2. The third-order valence-corrected chi connectivity index (χ3v) is 8.66. The highest BCUT2D eigenvalue weighted by atomic mass is 16.2. The third kappa shape index (κ3) is 11.1. The summed E-state index contributed by atoms with van der Waals surface area (Å²) in [7, 11) is 0. The van der Waals surface area contributed by atoms with Gasteiger partial charge in [0.05, 0.1) is 12.6 Å². The van der Waals surface area contributed by atoms with E-state index < -0.39 is 53.7 Å². The summed E-state index contributed by atoms with van der Waals surface area (Å²) in [6, 6.07) is 30.0. The van der Waals surface area contributed by atoms with Crippen LogP contribution in [0.1, 0.15) is 51.2 Å². The zero-order valence-corrected chi connectivity index (χ0v) is 28.8. The summed E-state index contributed by atoms with van der Waals surface area (Å²) in [6.07, 6.45) is 0.632. The van der Waals surface area contributed by atoms with Crippen molar-refractivity contribution in [2.45, 2.75) is 58.9 Å². The second kappa shape index (κ2) is 17.8. The van der Waals surface area contributed by atoms with Crippen LogP contribution in [0, 0.1) is 17.8 Å². The molecule has 4 aromatic rings. The summed E-state index contributed by atoms with van der Waals surface area (Å²) in [5.74, 6) is -5.03. The summed E-state index contributed by atoms with van der Waals surface area (Å²) >= 11 is 0. The minimum Gasteiger partial charge on any atom is -0.369 e. The van der Waals surface area contributed by atoms with Crippen LogP contribution in [0.3, 0.4) is 0 Å². The molecule has 0 heterocycles. The minimum atomic E-state index is -1.18. The van der Waals surface area contributed by atoms with Gasteiger partial charge in [-0.2, -0.15) is 0 Å². The number of primary amides is 1. The van der Waals surface area contributed by atoms with Gasteiger partial charge in [-0.1, -0.05) is 111 Å². The van der Waals surface area contributed by atoms with Crippen LogP contribution in [0.2, 0.25) is 0 Å². The lowest BCUT2D eigenvalue weighted by atomic mass is 9.89. The van der Waals surface area contributed by atoms with Crippen LogP contribution < -0.4 is 16.4 Å². The van der Waals surface area contributed by atoms with Gasteiger partial charge in [0.2, 0.25) is 17.6 Å². The Kier molecular flexibility index (Phi) is 13.3. The fraction of sp³-hybridized carbons (Fsp3) is 0.317. The van der Waals surface area contributed by atoms with E-state index in [9.17, 15) is 28.8 Å². The van der Waals surface area contributed by atoms with E-state index in [0.717, 1.165) is 33.0 Å². The van der Waals surface area contributed by atoms with Crippen LogP contribution in [-0.2, 0) is 41.6 Å². The molecule has 0 radical (unpaired) electrons. The van der Waals surface area contributed by atoms with E-state index in [-0.39, 0.29) is 37.4 Å². The van der Waals surface area contributed by atoms with Crippen LogP contribution >= 0.6 is 0 Å². The van der Waals surface area contributed by atoms with Gasteiger partial charge in [-0.3, -0.25) is 28.8 Å². The van der Waals surface area contributed by atoms with Gasteiger partial charge in [-0.05, 0) is 58.7 Å². The summed E-state index contributed by atoms with van der Waals surface area (Å²) in [5, 5.41) is 6.94. The van der Waals surface area contributed by atoms with E-state index in [1.165, 1.54) is 6.92 Å². The third-order valence-electron chi connectivity index (χ3n) is 8.66. The molecule has 0 aliphatic rings. The molecule has 3 unspecified atom stereocenters. The number of amides is 3. The molecule has 9 heteroatoms. The molecular weight excluding hydrogens is 630 g/mol. The molecule has 0 aliphatic carbocycles. The van der Waals surface area contributed by atoms with Crippen molar-refractivity contribution in [3.05, 3.63) is 108 Å². The van der Waals surface area contributed by atoms with Crippen LogP contribution in [-0.4, -0.2) is 47.7 Å². The molecular formula is C41H45N3O6. The van der Waals surface area contributed by atoms with E-state index >= 15 is 0 Å². The number of rotatable bonds is 18. The molecule has 0 aliphatic heterocycles. The summed E-state index contributed by atoms with van der Waals surface area (Å²) in [6.45, 7) is 4.80. The topological polar surface area (TPSA) is 152 Å². The van der Waals surface area contributed by atoms with E-state index in [1.54, 1.807) is 0 Å². The van der Waals surface area contributed by atoms with Crippen molar-refractivity contribution in [1.29, 1.82) is 0 Å². The Balaban J connectivity index is 1.26. The monoisotopic (exact) mass is 675 g/mol. The Morgan fingerprint density at radius 3 is 1.92 bits per heavy atom. The smallest absolute Gasteiger partial charge is 0.289 e. The standard InChI is InChI=1S/C41H45N3O6/c1-26(2)19-35(24-36(45)22-28-13-16-32(17-14-28)30-9-5-4-6-10-30)40(49)44-27(3)38(47)41(50)43-25-37(46)23-34(39(42)48)21-29-15-18-31-11-7-8-12-33(31)20-29/h4-18,20,26-27,34-35H,19,21-25H2,1-3H3,(H2,42,48)(H,43,50)(H,44,49). The lowest BCUT2D eigenvalue weighted by Gasteiger charge is -2.21. The van der Waals surface area contributed by atoms with Crippen LogP contribution in [0.15, 0.2) is 97.1 Å². The molecule has 4 rings (SSSR count). The molecule has 4 aromatic carbocycles. The maximum Gasteiger partial charge on any atom is 0.289 e. The number of hydrogen-bond donors (Lipinski definition) is 3. The molecule has 0 aromatic heterocycles. The van der Waals surface area contributed by atoms with Crippen molar-refractivity contribution in [3.8, 4) is 11.1 Å². The number of fused-ring (bicyclic) bond motifs is 1. The molecule has 3 amide bonds. The van der Waals surface area contributed by atoms with Gasteiger partial charge in [-0.15, -0.1) is 0 Å². The number of hydrogen-bond acceptors (Lipinski definition) is 6. The number of Topliss-reactive ketones (excluding diaryl/α,β-unsaturated/α-hetero) is 3. The van der Waals surface area contributed by atoms with Crippen molar-refractivity contribution in [3.63, 3.8) is 0 Å².